The van der Waals surface area contributed by atoms with E-state index in [1.54, 1.807) is 4.90 Å². The largest absolute Gasteiger partial charge is 0.368 e. The van der Waals surface area contributed by atoms with E-state index >= 15 is 0 Å². The van der Waals surface area contributed by atoms with Crippen LogP contribution in [0.5, 0.6) is 0 Å². The van der Waals surface area contributed by atoms with E-state index in [4.69, 9.17) is 11.6 Å². The smallest absolute Gasteiger partial charge is 0.254 e. The standard InChI is InChI=1S/C23H23ClN4O2/c1-17-5-7-18(8-6-17)21-14-22(29)28(16-25-21)15-23(30)27-11-9-26(10-12-27)20-4-2-3-19(24)13-20/h2-8,13-14,16H,9-12,15H2,1H3. The van der Waals surface area contributed by atoms with Gasteiger partial charge in [-0.1, -0.05) is 47.5 Å². The van der Waals surface area contributed by atoms with Gasteiger partial charge < -0.3 is 9.80 Å². The van der Waals surface area contributed by atoms with E-state index in [9.17, 15) is 9.59 Å². The minimum absolute atomic E-state index is 0.00280. The first-order valence-electron chi connectivity index (χ1n) is 9.91. The molecule has 2 aromatic carbocycles. The molecule has 2 heterocycles. The number of benzene rings is 2. The van der Waals surface area contributed by atoms with Crippen molar-refractivity contribution >= 4 is 23.2 Å². The number of halogens is 1. The molecule has 30 heavy (non-hydrogen) atoms. The Bertz CT molecular complexity index is 1100. The lowest BCUT2D eigenvalue weighted by Crippen LogP contribution is -2.50. The lowest BCUT2D eigenvalue weighted by molar-refractivity contribution is -0.132. The van der Waals surface area contributed by atoms with E-state index in [0.717, 1.165) is 29.9 Å². The van der Waals surface area contributed by atoms with Gasteiger partial charge in [-0.3, -0.25) is 14.2 Å². The molecule has 0 spiro atoms. The van der Waals surface area contributed by atoms with Crippen LogP contribution in [0.15, 0.2) is 65.7 Å². The first-order chi connectivity index (χ1) is 14.5. The van der Waals surface area contributed by atoms with Gasteiger partial charge in [0.15, 0.2) is 0 Å². The first-order valence-corrected chi connectivity index (χ1v) is 10.3. The third kappa shape index (κ3) is 4.54. The average Bonchev–Trinajstić information content (AvgIpc) is 2.76. The van der Waals surface area contributed by atoms with Crippen molar-refractivity contribution in [2.75, 3.05) is 31.1 Å². The molecule has 1 saturated heterocycles. The maximum Gasteiger partial charge on any atom is 0.254 e. The van der Waals surface area contributed by atoms with Crippen molar-refractivity contribution in [3.05, 3.63) is 81.9 Å². The third-order valence-electron chi connectivity index (χ3n) is 5.34. The highest BCUT2D eigenvalue weighted by molar-refractivity contribution is 6.30. The number of rotatable bonds is 4. The van der Waals surface area contributed by atoms with Crippen LogP contribution in [0.3, 0.4) is 0 Å². The molecule has 1 amide bonds. The Morgan fingerprint density at radius 1 is 1.03 bits per heavy atom. The summed E-state index contributed by atoms with van der Waals surface area (Å²) in [5, 5.41) is 0.701. The normalized spacial score (nSPS) is 14.1. The Hall–Kier alpha value is -3.12. The zero-order valence-electron chi connectivity index (χ0n) is 16.8. The van der Waals surface area contributed by atoms with Gasteiger partial charge in [0.05, 0.1) is 12.0 Å². The molecule has 1 fully saturated rings. The molecule has 1 aliphatic rings. The van der Waals surface area contributed by atoms with Crippen LogP contribution in [0.2, 0.25) is 5.02 Å². The molecule has 0 unspecified atom stereocenters. The number of aromatic nitrogens is 2. The molecule has 7 heteroatoms. The van der Waals surface area contributed by atoms with Crippen molar-refractivity contribution in [3.8, 4) is 11.3 Å². The second kappa shape index (κ2) is 8.71. The molecular weight excluding hydrogens is 400 g/mol. The highest BCUT2D eigenvalue weighted by atomic mass is 35.5. The summed E-state index contributed by atoms with van der Waals surface area (Å²) >= 11 is 6.08. The quantitative estimate of drug-likeness (QED) is 0.647. The fraction of sp³-hybridized carbons (Fsp3) is 0.261. The van der Waals surface area contributed by atoms with E-state index in [2.05, 4.69) is 9.88 Å². The Balaban J connectivity index is 1.38. The lowest BCUT2D eigenvalue weighted by Gasteiger charge is -2.36. The predicted octanol–water partition coefficient (Wildman–Crippen LogP) is 3.22. The summed E-state index contributed by atoms with van der Waals surface area (Å²) in [5.74, 6) is -0.0762. The van der Waals surface area contributed by atoms with Gasteiger partial charge in [0.25, 0.3) is 5.56 Å². The van der Waals surface area contributed by atoms with Crippen molar-refractivity contribution < 1.29 is 4.79 Å². The number of carbonyl (C=O) groups is 1. The van der Waals surface area contributed by atoms with Gasteiger partial charge in [0.1, 0.15) is 6.54 Å². The van der Waals surface area contributed by atoms with Gasteiger partial charge in [-0.2, -0.15) is 0 Å². The van der Waals surface area contributed by atoms with Crippen LogP contribution in [0, 0.1) is 6.92 Å². The molecule has 0 saturated carbocycles. The van der Waals surface area contributed by atoms with E-state index in [0.29, 0.717) is 23.8 Å². The predicted molar refractivity (Wildman–Crippen MR) is 119 cm³/mol. The van der Waals surface area contributed by atoms with Crippen LogP contribution in [0.1, 0.15) is 5.56 Å². The first kappa shape index (κ1) is 20.2. The molecule has 1 aliphatic heterocycles. The van der Waals surface area contributed by atoms with Crippen molar-refractivity contribution in [1.29, 1.82) is 0 Å². The molecule has 0 N–H and O–H groups in total. The highest BCUT2D eigenvalue weighted by Gasteiger charge is 2.22. The number of amides is 1. The minimum atomic E-state index is -0.230. The molecule has 0 aliphatic carbocycles. The van der Waals surface area contributed by atoms with Crippen molar-refractivity contribution in [3.63, 3.8) is 0 Å². The third-order valence-corrected chi connectivity index (χ3v) is 5.57. The van der Waals surface area contributed by atoms with Gasteiger partial charge in [-0.05, 0) is 25.1 Å². The molecule has 4 rings (SSSR count). The summed E-state index contributed by atoms with van der Waals surface area (Å²) < 4.78 is 1.36. The Kier molecular flexibility index (Phi) is 5.86. The van der Waals surface area contributed by atoms with Crippen molar-refractivity contribution in [2.24, 2.45) is 0 Å². The van der Waals surface area contributed by atoms with E-state index < -0.39 is 0 Å². The summed E-state index contributed by atoms with van der Waals surface area (Å²) in [6.07, 6.45) is 1.46. The van der Waals surface area contributed by atoms with E-state index in [1.165, 1.54) is 17.0 Å². The second-order valence-electron chi connectivity index (χ2n) is 7.45. The molecule has 0 radical (unpaired) electrons. The molecule has 1 aromatic heterocycles. The summed E-state index contributed by atoms with van der Waals surface area (Å²) in [7, 11) is 0. The van der Waals surface area contributed by atoms with Crippen LogP contribution in [-0.2, 0) is 11.3 Å². The molecule has 3 aromatic rings. The van der Waals surface area contributed by atoms with E-state index in [-0.39, 0.29) is 18.0 Å². The number of hydrogen-bond donors (Lipinski definition) is 0. The average molecular weight is 423 g/mol. The summed E-state index contributed by atoms with van der Waals surface area (Å²) in [5.41, 5.74) is 3.47. The fourth-order valence-corrected chi connectivity index (χ4v) is 3.74. The monoisotopic (exact) mass is 422 g/mol. The molecular formula is C23H23ClN4O2. The van der Waals surface area contributed by atoms with Crippen LogP contribution in [0.4, 0.5) is 5.69 Å². The van der Waals surface area contributed by atoms with E-state index in [1.807, 2.05) is 55.5 Å². The Morgan fingerprint density at radius 2 is 1.77 bits per heavy atom. The summed E-state index contributed by atoms with van der Waals surface area (Å²) in [4.78, 5) is 33.6. The zero-order valence-corrected chi connectivity index (χ0v) is 17.5. The number of anilines is 1. The summed E-state index contributed by atoms with van der Waals surface area (Å²) in [6.45, 7) is 4.67. The van der Waals surface area contributed by atoms with Gasteiger partial charge >= 0.3 is 0 Å². The van der Waals surface area contributed by atoms with Crippen LogP contribution < -0.4 is 10.5 Å². The Labute approximate surface area is 180 Å². The number of hydrogen-bond acceptors (Lipinski definition) is 4. The minimum Gasteiger partial charge on any atom is -0.368 e. The number of carbonyl (C=O) groups excluding carboxylic acids is 1. The van der Waals surface area contributed by atoms with Crippen LogP contribution in [-0.4, -0.2) is 46.5 Å². The van der Waals surface area contributed by atoms with Gasteiger partial charge in [0, 0.05) is 48.5 Å². The highest BCUT2D eigenvalue weighted by Crippen LogP contribution is 2.21. The zero-order chi connectivity index (χ0) is 21.1. The van der Waals surface area contributed by atoms with Gasteiger partial charge in [-0.25, -0.2) is 4.98 Å². The SMILES string of the molecule is Cc1ccc(-c2cc(=O)n(CC(=O)N3CCN(c4cccc(Cl)c4)CC3)cn2)cc1. The molecule has 0 atom stereocenters. The maximum atomic E-state index is 12.7. The second-order valence-corrected chi connectivity index (χ2v) is 7.89. The van der Waals surface area contributed by atoms with Gasteiger partial charge in [0.2, 0.25) is 5.91 Å². The number of nitrogens with zero attached hydrogens (tertiary/aromatic N) is 4. The van der Waals surface area contributed by atoms with Gasteiger partial charge in [-0.15, -0.1) is 0 Å². The molecule has 6 nitrogen and oxygen atoms in total. The van der Waals surface area contributed by atoms with Crippen LogP contribution in [0.25, 0.3) is 11.3 Å². The Morgan fingerprint density at radius 3 is 2.43 bits per heavy atom. The number of aryl methyl sites for hydroxylation is 1. The van der Waals surface area contributed by atoms with Crippen molar-refractivity contribution in [1.82, 2.24) is 14.5 Å². The fourth-order valence-electron chi connectivity index (χ4n) is 3.56. The van der Waals surface area contributed by atoms with Crippen molar-refractivity contribution in [2.45, 2.75) is 13.5 Å². The number of piperazine rings is 1. The maximum absolute atomic E-state index is 12.7. The summed E-state index contributed by atoms with van der Waals surface area (Å²) in [6, 6.07) is 17.0. The topological polar surface area (TPSA) is 58.4 Å². The van der Waals surface area contributed by atoms with Crippen LogP contribution >= 0.6 is 11.6 Å². The lowest BCUT2D eigenvalue weighted by atomic mass is 10.1. The molecule has 154 valence electrons. The molecule has 0 bridgehead atoms.